The highest BCUT2D eigenvalue weighted by molar-refractivity contribution is 5.89. The largest absolute Gasteiger partial charge is 0.478 e. The molecule has 0 bridgehead atoms. The molecule has 116 valence electrons. The average molecular weight is 286 g/mol. The van der Waals surface area contributed by atoms with Gasteiger partial charge in [0.2, 0.25) is 0 Å². The van der Waals surface area contributed by atoms with Crippen LogP contribution in [0.15, 0.2) is 12.2 Å². The molecular formula is C15H26O5. The number of carboxylic acids is 2. The predicted molar refractivity (Wildman–Crippen MR) is 77.7 cm³/mol. The Morgan fingerprint density at radius 1 is 0.800 bits per heavy atom. The monoisotopic (exact) mass is 286 g/mol. The Bertz CT molecular complexity index is 291. The van der Waals surface area contributed by atoms with E-state index in [0.29, 0.717) is 17.9 Å². The number of rotatable bonds is 10. The number of aliphatic carboxylic acids is 2. The third-order valence-corrected chi connectivity index (χ3v) is 2.57. The van der Waals surface area contributed by atoms with Crippen molar-refractivity contribution in [3.63, 3.8) is 0 Å². The van der Waals surface area contributed by atoms with Crippen LogP contribution in [0.3, 0.4) is 0 Å². The Morgan fingerprint density at radius 2 is 1.25 bits per heavy atom. The summed E-state index contributed by atoms with van der Waals surface area (Å²) in [6.07, 6.45) is 10.3. The van der Waals surface area contributed by atoms with Crippen molar-refractivity contribution < 1.29 is 24.6 Å². The molecule has 0 fully saturated rings. The molecule has 0 saturated heterocycles. The Balaban J connectivity index is 0. The molecule has 0 aliphatic heterocycles. The molecule has 0 rings (SSSR count). The summed E-state index contributed by atoms with van der Waals surface area (Å²) >= 11 is 0. The molecular weight excluding hydrogens is 260 g/mol. The number of carboxylic acid groups (broad SMARTS) is 2. The van der Waals surface area contributed by atoms with E-state index < -0.39 is 11.9 Å². The van der Waals surface area contributed by atoms with Crippen LogP contribution in [0.1, 0.15) is 65.2 Å². The van der Waals surface area contributed by atoms with Crippen LogP contribution < -0.4 is 0 Å². The molecule has 0 aromatic heterocycles. The summed E-state index contributed by atoms with van der Waals surface area (Å²) in [5.41, 5.74) is 0. The lowest BCUT2D eigenvalue weighted by atomic mass is 10.1. The molecule has 0 spiro atoms. The maximum atomic E-state index is 10.9. The van der Waals surface area contributed by atoms with Crippen molar-refractivity contribution >= 4 is 17.7 Å². The molecule has 5 nitrogen and oxygen atoms in total. The normalized spacial score (nSPS) is 9.90. The first kappa shape index (κ1) is 20.7. The van der Waals surface area contributed by atoms with Gasteiger partial charge in [0, 0.05) is 25.0 Å². The molecule has 0 radical (unpaired) electrons. The Labute approximate surface area is 120 Å². The van der Waals surface area contributed by atoms with E-state index in [2.05, 4.69) is 6.92 Å². The molecule has 0 heterocycles. The van der Waals surface area contributed by atoms with Crippen LogP contribution in [-0.2, 0) is 14.4 Å². The summed E-state index contributed by atoms with van der Waals surface area (Å²) in [6.45, 7) is 4.17. The Kier molecular flexibility index (Phi) is 15.9. The van der Waals surface area contributed by atoms with Gasteiger partial charge in [-0.05, 0) is 6.42 Å². The molecule has 0 aromatic carbocycles. The van der Waals surface area contributed by atoms with Crippen molar-refractivity contribution in [3.8, 4) is 0 Å². The quantitative estimate of drug-likeness (QED) is 0.474. The smallest absolute Gasteiger partial charge is 0.328 e. The fourth-order valence-corrected chi connectivity index (χ4v) is 1.42. The van der Waals surface area contributed by atoms with E-state index >= 15 is 0 Å². The first-order valence-electron chi connectivity index (χ1n) is 7.09. The third-order valence-electron chi connectivity index (χ3n) is 2.57. The molecule has 0 saturated carbocycles. The number of ketones is 1. The van der Waals surface area contributed by atoms with Crippen LogP contribution >= 0.6 is 0 Å². The van der Waals surface area contributed by atoms with Gasteiger partial charge < -0.3 is 10.2 Å². The Morgan fingerprint density at radius 3 is 1.65 bits per heavy atom. The molecule has 20 heavy (non-hydrogen) atoms. The lowest BCUT2D eigenvalue weighted by Gasteiger charge is -1.98. The number of Topliss-reactive ketones (excluding diaryl/α,β-unsaturated/α-hetero) is 1. The summed E-state index contributed by atoms with van der Waals surface area (Å²) in [6, 6.07) is 0. The van der Waals surface area contributed by atoms with Gasteiger partial charge >= 0.3 is 11.9 Å². The zero-order chi connectivity index (χ0) is 15.8. The number of carbonyl (C=O) groups is 3. The van der Waals surface area contributed by atoms with Crippen LogP contribution in [0.25, 0.3) is 0 Å². The van der Waals surface area contributed by atoms with Crippen molar-refractivity contribution in [2.75, 3.05) is 0 Å². The van der Waals surface area contributed by atoms with Gasteiger partial charge in [-0.2, -0.15) is 0 Å². The molecule has 0 unspecified atom stereocenters. The minimum Gasteiger partial charge on any atom is -0.478 e. The summed E-state index contributed by atoms with van der Waals surface area (Å²) < 4.78 is 0. The number of hydrogen-bond acceptors (Lipinski definition) is 3. The van der Waals surface area contributed by atoms with Crippen molar-refractivity contribution in [2.24, 2.45) is 0 Å². The summed E-state index contributed by atoms with van der Waals surface area (Å²) in [5.74, 6) is -2.09. The minimum absolute atomic E-state index is 0.422. The van der Waals surface area contributed by atoms with Gasteiger partial charge in [0.1, 0.15) is 5.78 Å². The van der Waals surface area contributed by atoms with Crippen molar-refractivity contribution in [2.45, 2.75) is 65.2 Å². The second kappa shape index (κ2) is 15.4. The molecule has 0 aliphatic carbocycles. The topological polar surface area (TPSA) is 91.7 Å². The summed E-state index contributed by atoms with van der Waals surface area (Å²) in [7, 11) is 0. The van der Waals surface area contributed by atoms with E-state index in [1.165, 1.54) is 32.1 Å². The molecule has 0 aliphatic rings. The van der Waals surface area contributed by atoms with Gasteiger partial charge in [0.25, 0.3) is 0 Å². The zero-order valence-electron chi connectivity index (χ0n) is 12.4. The lowest BCUT2D eigenvalue weighted by Crippen LogP contribution is -1.93. The van der Waals surface area contributed by atoms with E-state index in [1.54, 1.807) is 0 Å². The number of unbranched alkanes of at least 4 members (excludes halogenated alkanes) is 5. The molecule has 0 aromatic rings. The van der Waals surface area contributed by atoms with Crippen molar-refractivity contribution in [3.05, 3.63) is 12.2 Å². The first-order valence-corrected chi connectivity index (χ1v) is 7.09. The standard InChI is InChI=1S/C11H22O.C4H4O4/c1-3-5-6-7-8-9-10-11(12)4-2;5-3(6)1-2-4(7)8/h3-10H2,1-2H3;1-2H,(H,5,6)(H,7,8)/b;2-1+. The first-order chi connectivity index (χ1) is 9.43. The van der Waals surface area contributed by atoms with Gasteiger partial charge in [-0.1, -0.05) is 46.0 Å². The van der Waals surface area contributed by atoms with Crippen LogP contribution in [0, 0.1) is 0 Å². The maximum Gasteiger partial charge on any atom is 0.328 e. The van der Waals surface area contributed by atoms with Crippen LogP contribution in [-0.4, -0.2) is 27.9 Å². The van der Waals surface area contributed by atoms with Gasteiger partial charge in [0.05, 0.1) is 0 Å². The fourth-order valence-electron chi connectivity index (χ4n) is 1.42. The second-order valence-corrected chi connectivity index (χ2v) is 4.42. The fraction of sp³-hybridized carbons (Fsp3) is 0.667. The maximum absolute atomic E-state index is 10.9. The third kappa shape index (κ3) is 21.6. The zero-order valence-corrected chi connectivity index (χ0v) is 12.4. The van der Waals surface area contributed by atoms with Crippen molar-refractivity contribution in [1.82, 2.24) is 0 Å². The number of hydrogen-bond donors (Lipinski definition) is 2. The van der Waals surface area contributed by atoms with Crippen LogP contribution in [0.4, 0.5) is 0 Å². The summed E-state index contributed by atoms with van der Waals surface area (Å²) in [4.78, 5) is 30.0. The number of carbonyl (C=O) groups excluding carboxylic acids is 1. The average Bonchev–Trinajstić information content (AvgIpc) is 2.40. The SMILES string of the molecule is CCCCCCCCC(=O)CC.O=C(O)/C=C/C(=O)O. The van der Waals surface area contributed by atoms with Gasteiger partial charge in [-0.3, -0.25) is 4.79 Å². The van der Waals surface area contributed by atoms with Gasteiger partial charge in [0.15, 0.2) is 0 Å². The van der Waals surface area contributed by atoms with Crippen LogP contribution in [0.2, 0.25) is 0 Å². The molecule has 0 amide bonds. The highest BCUT2D eigenvalue weighted by Crippen LogP contribution is 2.07. The summed E-state index contributed by atoms with van der Waals surface area (Å²) in [5, 5.41) is 15.6. The van der Waals surface area contributed by atoms with Gasteiger partial charge in [-0.25, -0.2) is 9.59 Å². The molecule has 5 heteroatoms. The molecule has 0 atom stereocenters. The van der Waals surface area contributed by atoms with Gasteiger partial charge in [-0.15, -0.1) is 0 Å². The van der Waals surface area contributed by atoms with E-state index in [-0.39, 0.29) is 0 Å². The van der Waals surface area contributed by atoms with Crippen LogP contribution in [0.5, 0.6) is 0 Å². The predicted octanol–water partition coefficient (Wildman–Crippen LogP) is 3.43. The van der Waals surface area contributed by atoms with E-state index in [0.717, 1.165) is 19.3 Å². The molecule has 2 N–H and O–H groups in total. The van der Waals surface area contributed by atoms with E-state index in [1.807, 2.05) is 6.92 Å². The van der Waals surface area contributed by atoms with Crippen molar-refractivity contribution in [1.29, 1.82) is 0 Å². The minimum atomic E-state index is -1.26. The van der Waals surface area contributed by atoms with E-state index in [4.69, 9.17) is 10.2 Å². The lowest BCUT2D eigenvalue weighted by molar-refractivity contribution is -0.134. The Hall–Kier alpha value is -1.65. The highest BCUT2D eigenvalue weighted by atomic mass is 16.4. The highest BCUT2D eigenvalue weighted by Gasteiger charge is 1.96. The second-order valence-electron chi connectivity index (χ2n) is 4.42. The van der Waals surface area contributed by atoms with E-state index in [9.17, 15) is 14.4 Å².